The number of carbonyl (C=O) groups is 1. The number of fused-ring (bicyclic) bond motifs is 1. The lowest BCUT2D eigenvalue weighted by atomic mass is 10.1. The van der Waals surface area contributed by atoms with Gasteiger partial charge in [0, 0.05) is 29.9 Å². The number of rotatable bonds is 7. The number of nitrogens with zero attached hydrogens (tertiary/aromatic N) is 2. The van der Waals surface area contributed by atoms with Gasteiger partial charge < -0.3 is 9.72 Å². The Balaban J connectivity index is 1.32. The van der Waals surface area contributed by atoms with Crippen molar-refractivity contribution in [2.24, 2.45) is 0 Å². The van der Waals surface area contributed by atoms with Crippen LogP contribution in [0.15, 0.2) is 54.7 Å². The monoisotopic (exact) mass is 375 g/mol. The maximum absolute atomic E-state index is 12.3. The molecular weight excluding hydrogens is 354 g/mol. The Labute approximate surface area is 162 Å². The molecule has 0 aliphatic rings. The zero-order valence-corrected chi connectivity index (χ0v) is 15.5. The molecule has 2 aromatic carbocycles. The maximum atomic E-state index is 12.3. The Morgan fingerprint density at radius 3 is 2.79 bits per heavy atom. The van der Waals surface area contributed by atoms with E-state index in [-0.39, 0.29) is 5.91 Å². The number of aromatic amines is 2. The first-order valence-corrected chi connectivity index (χ1v) is 9.10. The first-order valence-electron chi connectivity index (χ1n) is 9.10. The predicted molar refractivity (Wildman–Crippen MR) is 107 cm³/mol. The molecule has 0 radical (unpaired) electrons. The Kier molecular flexibility index (Phi) is 5.05. The molecule has 0 unspecified atom stereocenters. The summed E-state index contributed by atoms with van der Waals surface area (Å²) in [6, 6.07) is 15.8. The molecule has 0 spiro atoms. The number of hydrogen-bond donors (Lipinski definition) is 3. The quantitative estimate of drug-likeness (QED) is 0.461. The molecule has 7 nitrogen and oxygen atoms in total. The minimum absolute atomic E-state index is 0.111. The Morgan fingerprint density at radius 2 is 1.96 bits per heavy atom. The van der Waals surface area contributed by atoms with Crippen molar-refractivity contribution in [3.05, 3.63) is 71.7 Å². The average Bonchev–Trinajstić information content (AvgIpc) is 3.34. The molecule has 7 heteroatoms. The lowest BCUT2D eigenvalue weighted by Crippen LogP contribution is -2.13. The third-order valence-corrected chi connectivity index (χ3v) is 4.61. The molecule has 0 aliphatic carbocycles. The molecule has 3 N–H and O–H groups in total. The van der Waals surface area contributed by atoms with Gasteiger partial charge in [-0.15, -0.1) is 5.10 Å². The van der Waals surface area contributed by atoms with Gasteiger partial charge in [0.1, 0.15) is 11.6 Å². The fourth-order valence-electron chi connectivity index (χ4n) is 3.14. The summed E-state index contributed by atoms with van der Waals surface area (Å²) in [6.07, 6.45) is 3.57. The van der Waals surface area contributed by atoms with Crippen molar-refractivity contribution in [3.63, 3.8) is 0 Å². The lowest BCUT2D eigenvalue weighted by Gasteiger charge is -2.01. The number of amides is 1. The second kappa shape index (κ2) is 7.96. The third-order valence-electron chi connectivity index (χ3n) is 4.61. The highest BCUT2D eigenvalue weighted by atomic mass is 16.5. The molecule has 1 amide bonds. The smallest absolute Gasteiger partial charge is 0.248 e. The van der Waals surface area contributed by atoms with Crippen LogP contribution in [0.25, 0.3) is 10.9 Å². The summed E-state index contributed by atoms with van der Waals surface area (Å²) in [4.78, 5) is 19.8. The summed E-state index contributed by atoms with van der Waals surface area (Å²) in [7, 11) is 1.64. The molecule has 2 heterocycles. The highest BCUT2D eigenvalue weighted by Gasteiger charge is 2.10. The highest BCUT2D eigenvalue weighted by molar-refractivity contribution is 5.90. The van der Waals surface area contributed by atoms with E-state index in [1.54, 1.807) is 7.11 Å². The van der Waals surface area contributed by atoms with Crippen molar-refractivity contribution in [1.82, 2.24) is 20.2 Å². The first kappa shape index (κ1) is 17.8. The molecule has 4 rings (SSSR count). The largest absolute Gasteiger partial charge is 0.497 e. The van der Waals surface area contributed by atoms with Crippen molar-refractivity contribution < 1.29 is 9.53 Å². The van der Waals surface area contributed by atoms with Gasteiger partial charge in [-0.1, -0.05) is 30.3 Å². The molecule has 0 bridgehead atoms. The molecule has 28 heavy (non-hydrogen) atoms. The van der Waals surface area contributed by atoms with E-state index >= 15 is 0 Å². The van der Waals surface area contributed by atoms with Crippen LogP contribution in [0.5, 0.6) is 5.75 Å². The number of para-hydroxylation sites is 1. The summed E-state index contributed by atoms with van der Waals surface area (Å²) < 4.78 is 5.16. The minimum Gasteiger partial charge on any atom is -0.497 e. The molecule has 2 aromatic heterocycles. The van der Waals surface area contributed by atoms with Gasteiger partial charge in [-0.05, 0) is 35.7 Å². The molecule has 0 saturated heterocycles. The van der Waals surface area contributed by atoms with Gasteiger partial charge in [0.05, 0.1) is 7.11 Å². The Morgan fingerprint density at radius 1 is 1.14 bits per heavy atom. The summed E-state index contributed by atoms with van der Waals surface area (Å²) in [5, 5.41) is 10.9. The number of carbonyl (C=O) groups excluding carboxylic acids is 1. The molecule has 0 atom stereocenters. The average molecular weight is 375 g/mol. The number of H-pyrrole nitrogens is 2. The van der Waals surface area contributed by atoms with Crippen molar-refractivity contribution in [2.75, 3.05) is 12.4 Å². The van der Waals surface area contributed by atoms with Gasteiger partial charge in [-0.25, -0.2) is 0 Å². The summed E-state index contributed by atoms with van der Waals surface area (Å²) in [5.41, 5.74) is 3.28. The van der Waals surface area contributed by atoms with Gasteiger partial charge in [-0.3, -0.25) is 15.2 Å². The number of hydrogen-bond acceptors (Lipinski definition) is 4. The molecule has 0 saturated carbocycles. The van der Waals surface area contributed by atoms with Crippen molar-refractivity contribution >= 4 is 22.8 Å². The summed E-state index contributed by atoms with van der Waals surface area (Å²) in [5.74, 6) is 1.69. The lowest BCUT2D eigenvalue weighted by molar-refractivity contribution is -0.116. The van der Waals surface area contributed by atoms with E-state index in [0.717, 1.165) is 27.8 Å². The van der Waals surface area contributed by atoms with Crippen LogP contribution in [-0.4, -0.2) is 33.2 Å². The number of methoxy groups -OCH3 is 1. The number of benzene rings is 2. The summed E-state index contributed by atoms with van der Waals surface area (Å²) in [6.45, 7) is 0. The van der Waals surface area contributed by atoms with Crippen LogP contribution >= 0.6 is 0 Å². The second-order valence-corrected chi connectivity index (χ2v) is 6.54. The van der Waals surface area contributed by atoms with E-state index in [2.05, 4.69) is 31.5 Å². The minimum atomic E-state index is -0.111. The maximum Gasteiger partial charge on any atom is 0.248 e. The van der Waals surface area contributed by atoms with E-state index in [1.807, 2.05) is 48.7 Å². The van der Waals surface area contributed by atoms with E-state index in [1.165, 1.54) is 0 Å². The zero-order valence-electron chi connectivity index (χ0n) is 15.5. The van der Waals surface area contributed by atoms with Crippen LogP contribution in [0.3, 0.4) is 0 Å². The molecule has 4 aromatic rings. The van der Waals surface area contributed by atoms with E-state index in [9.17, 15) is 4.79 Å². The van der Waals surface area contributed by atoms with Crippen molar-refractivity contribution in [1.29, 1.82) is 0 Å². The number of ether oxygens (including phenoxy) is 1. The predicted octanol–water partition coefficient (Wildman–Crippen LogP) is 3.46. The number of aromatic nitrogens is 4. The molecule has 0 aliphatic heterocycles. The number of anilines is 1. The Hall–Kier alpha value is -3.61. The van der Waals surface area contributed by atoms with Gasteiger partial charge in [-0.2, -0.15) is 4.98 Å². The van der Waals surface area contributed by atoms with Crippen molar-refractivity contribution in [2.45, 2.75) is 19.3 Å². The van der Waals surface area contributed by atoms with Crippen molar-refractivity contribution in [3.8, 4) is 5.75 Å². The van der Waals surface area contributed by atoms with Crippen LogP contribution in [0.1, 0.15) is 23.4 Å². The second-order valence-electron chi connectivity index (χ2n) is 6.54. The van der Waals surface area contributed by atoms with Gasteiger partial charge in [0.2, 0.25) is 11.9 Å². The number of aryl methyl sites for hydroxylation is 1. The Bertz CT molecular complexity index is 1080. The first-order chi connectivity index (χ1) is 13.7. The van der Waals surface area contributed by atoms with Gasteiger partial charge >= 0.3 is 0 Å². The van der Waals surface area contributed by atoms with Gasteiger partial charge in [0.25, 0.3) is 0 Å². The highest BCUT2D eigenvalue weighted by Crippen LogP contribution is 2.19. The van der Waals surface area contributed by atoms with E-state index in [4.69, 9.17) is 4.74 Å². The summed E-state index contributed by atoms with van der Waals surface area (Å²) >= 11 is 0. The SMILES string of the molecule is COc1ccc(Cc2nc(NC(=O)CCc3c[nH]c4ccccc34)n[nH]2)cc1. The topological polar surface area (TPSA) is 95.7 Å². The normalized spacial score (nSPS) is 10.9. The fraction of sp³-hybridized carbons (Fsp3) is 0.190. The van der Waals surface area contributed by atoms with Crippen LogP contribution in [0.4, 0.5) is 5.95 Å². The van der Waals surface area contributed by atoms with Gasteiger partial charge in [0.15, 0.2) is 0 Å². The van der Waals surface area contributed by atoms with E-state index in [0.29, 0.717) is 31.0 Å². The molecule has 142 valence electrons. The number of nitrogens with one attached hydrogen (secondary N) is 3. The van der Waals surface area contributed by atoms with Crippen LogP contribution in [0.2, 0.25) is 0 Å². The van der Waals surface area contributed by atoms with Crippen LogP contribution in [-0.2, 0) is 17.6 Å². The van der Waals surface area contributed by atoms with Crippen LogP contribution < -0.4 is 10.1 Å². The molecule has 0 fully saturated rings. The zero-order chi connectivity index (χ0) is 19.3. The molecular formula is C21H21N5O2. The fourth-order valence-corrected chi connectivity index (χ4v) is 3.14. The standard InChI is InChI=1S/C21H21N5O2/c1-28-16-9-6-14(7-10-16)12-19-23-21(26-25-19)24-20(27)11-8-15-13-22-18-5-3-2-4-17(15)18/h2-7,9-10,13,22H,8,11-12H2,1H3,(H2,23,24,25,26,27). The van der Waals surface area contributed by atoms with E-state index < -0.39 is 0 Å². The van der Waals surface area contributed by atoms with Crippen LogP contribution in [0, 0.1) is 0 Å². The third kappa shape index (κ3) is 4.03.